The van der Waals surface area contributed by atoms with Crippen LogP contribution in [0.2, 0.25) is 5.02 Å². The molecular weight excluding hydrogens is 1010 g/mol. The molecule has 0 aliphatic carbocycles. The molecule has 1 unspecified atom stereocenters. The molecule has 8 aromatic heterocycles. The van der Waals surface area contributed by atoms with Gasteiger partial charge in [-0.3, -0.25) is 19.6 Å². The van der Waals surface area contributed by atoms with Gasteiger partial charge in [-0.2, -0.15) is 28.4 Å². The number of hydrogen-bond donors (Lipinski definition) is 5. The maximum atomic E-state index is 12.2. The van der Waals surface area contributed by atoms with Gasteiger partial charge in [-0.15, -0.1) is 0 Å². The first-order chi connectivity index (χ1) is 37.2. The number of halogens is 2. The van der Waals surface area contributed by atoms with Crippen LogP contribution in [0, 0.1) is 10.7 Å². The van der Waals surface area contributed by atoms with Crippen LogP contribution in [0.15, 0.2) is 128 Å². The van der Waals surface area contributed by atoms with E-state index in [2.05, 4.69) is 36.2 Å². The number of pyridine rings is 2. The lowest BCUT2D eigenvalue weighted by molar-refractivity contribution is -0.140. The molecule has 2 aliphatic heterocycles. The van der Waals surface area contributed by atoms with Gasteiger partial charge in [0, 0.05) is 108 Å². The fraction of sp³-hybridized carbons (Fsp3) is 0.268. The van der Waals surface area contributed by atoms with E-state index in [1.165, 1.54) is 19.2 Å². The van der Waals surface area contributed by atoms with Gasteiger partial charge in [0.05, 0.1) is 45.6 Å². The number of thiol groups is 1. The predicted octanol–water partition coefficient (Wildman–Crippen LogP) is 9.69. The van der Waals surface area contributed by atoms with Gasteiger partial charge in [-0.1, -0.05) is 84.4 Å². The molecule has 4 N–H and O–H groups in total. The van der Waals surface area contributed by atoms with Crippen molar-refractivity contribution in [2.75, 3.05) is 32.4 Å². The Morgan fingerprint density at radius 1 is 0.697 bits per heavy atom. The minimum absolute atomic E-state index is 0.130. The number of benzene rings is 2. The van der Waals surface area contributed by atoms with Crippen molar-refractivity contribution in [3.8, 4) is 50.2 Å². The number of fused-ring (bicyclic) bond motifs is 6. The first-order valence-electron chi connectivity index (χ1n) is 25.4. The monoisotopic (exact) mass is 1060 g/mol. The highest BCUT2D eigenvalue weighted by Crippen LogP contribution is 2.39. The number of carbonyl (C=O) groups excluding carboxylic acids is 2. The predicted molar refractivity (Wildman–Crippen MR) is 294 cm³/mol. The summed E-state index contributed by atoms with van der Waals surface area (Å²) in [5, 5.41) is 39.9. The fourth-order valence-corrected chi connectivity index (χ4v) is 10.3. The van der Waals surface area contributed by atoms with Gasteiger partial charge in [0.1, 0.15) is 30.0 Å². The lowest BCUT2D eigenvalue weighted by Gasteiger charge is -2.32. The quantitative estimate of drug-likeness (QED) is 0.0712. The van der Waals surface area contributed by atoms with Gasteiger partial charge in [0.2, 0.25) is 0 Å². The van der Waals surface area contributed by atoms with Crippen LogP contribution in [0.3, 0.4) is 0 Å². The maximum Gasteiger partial charge on any atom is 0.251 e. The van der Waals surface area contributed by atoms with Crippen LogP contribution in [-0.4, -0.2) is 127 Å². The van der Waals surface area contributed by atoms with Gasteiger partial charge in [-0.25, -0.2) is 9.97 Å². The van der Waals surface area contributed by atoms with Crippen LogP contribution >= 0.6 is 22.8 Å². The Labute approximate surface area is 445 Å². The zero-order valence-electron chi connectivity index (χ0n) is 42.9. The summed E-state index contributed by atoms with van der Waals surface area (Å²) in [7, 11) is 0. The van der Waals surface area contributed by atoms with Gasteiger partial charge in [0.25, 0.3) is 11.8 Å². The molecule has 10 heterocycles. The molecule has 0 radical (unpaired) electrons. The number of carbonyl (C=O) groups is 2. The summed E-state index contributed by atoms with van der Waals surface area (Å²) in [6.07, 6.45) is 13.2. The average molecular weight is 1060 g/mol. The Bertz CT molecular complexity index is 3750. The molecule has 3 atom stereocenters. The van der Waals surface area contributed by atoms with Gasteiger partial charge in [0.15, 0.2) is 11.3 Å². The third kappa shape index (κ3) is 10.5. The van der Waals surface area contributed by atoms with Crippen LogP contribution in [0.4, 0.5) is 3.89 Å². The summed E-state index contributed by atoms with van der Waals surface area (Å²) >= 11 is 3.49. The Hall–Kier alpha value is -8.02. The highest BCUT2D eigenvalue weighted by atomic mass is 35.5. The smallest absolute Gasteiger partial charge is 0.251 e. The summed E-state index contributed by atoms with van der Waals surface area (Å²) < 4.78 is 21.4. The summed E-state index contributed by atoms with van der Waals surface area (Å²) in [5.41, 5.74) is 12.8. The van der Waals surface area contributed by atoms with Crippen molar-refractivity contribution in [2.24, 2.45) is 0 Å². The second-order valence-corrected chi connectivity index (χ2v) is 20.3. The number of nitrogens with one attached hydrogen (secondary N) is 2. The van der Waals surface area contributed by atoms with E-state index in [0.717, 1.165) is 121 Å². The van der Waals surface area contributed by atoms with Crippen molar-refractivity contribution in [1.29, 1.82) is 6.39 Å². The van der Waals surface area contributed by atoms with Crippen LogP contribution in [0.5, 0.6) is 0 Å². The zero-order chi connectivity index (χ0) is 54.0. The Morgan fingerprint density at radius 3 is 1.61 bits per heavy atom. The number of aliphatic hydroxyl groups is 2. The number of nitrogens with zero attached hydrogens (tertiary/aromatic N) is 11. The largest absolute Gasteiger partial charge is 0.384 e. The van der Waals surface area contributed by atoms with Gasteiger partial charge < -0.3 is 30.0 Å². The van der Waals surface area contributed by atoms with Crippen molar-refractivity contribution in [3.05, 3.63) is 145 Å². The number of thiocyanates is 1. The lowest BCUT2D eigenvalue weighted by atomic mass is 9.91. The molecule has 2 amide bonds. The molecule has 20 heteroatoms. The Balaban J connectivity index is 0.000000158. The number of likely N-dealkylation sites (tertiary alicyclic amines) is 2. The highest BCUT2D eigenvalue weighted by Gasteiger charge is 2.31. The first-order valence-corrected chi connectivity index (χ1v) is 26.9. The van der Waals surface area contributed by atoms with E-state index in [1.807, 2.05) is 120 Å². The minimum atomic E-state index is -3.11. The SMILES string of the molecule is C[C@@H](O)C(=O)N1CCC(c2nc3c(-c4ccc(-c5ccccc5)nc4)cnn3c3[nH]cc(Cl)c23)CC1.C[C@@H](O)C(=O)N1CCC(c2nc3c(-c4ccc(-c5ccccc5)nc4)cnn3c3[nH]ccc23)CC1.[2H]S(C)(F)C#N. The number of aromatic nitrogens is 10. The molecule has 388 valence electrons. The lowest BCUT2D eigenvalue weighted by Crippen LogP contribution is -2.42. The third-order valence-electron chi connectivity index (χ3n) is 13.9. The van der Waals surface area contributed by atoms with E-state index in [1.54, 1.807) is 20.5 Å². The summed E-state index contributed by atoms with van der Waals surface area (Å²) in [5.74, 6) is -0.0859. The summed E-state index contributed by atoms with van der Waals surface area (Å²) in [4.78, 5) is 54.1. The average Bonchev–Trinajstić information content (AvgIpc) is 4.34. The first kappa shape index (κ1) is 50.2. The van der Waals surface area contributed by atoms with E-state index in [0.29, 0.717) is 31.2 Å². The van der Waals surface area contributed by atoms with Gasteiger partial charge >= 0.3 is 0 Å². The number of nitriles is 1. The molecule has 17 nitrogen and oxygen atoms in total. The van der Waals surface area contributed by atoms with E-state index >= 15 is 0 Å². The molecule has 0 saturated carbocycles. The van der Waals surface area contributed by atoms with E-state index in [4.69, 9.17) is 28.0 Å². The normalized spacial score (nSPS) is 16.5. The molecule has 2 fully saturated rings. The van der Waals surface area contributed by atoms with Gasteiger partial charge in [-0.05, 0) is 68.9 Å². The molecular formula is C56H55ClFN13O4S. The van der Waals surface area contributed by atoms with Crippen LogP contribution in [-0.2, 0) is 9.59 Å². The molecule has 2 aliphatic rings. The number of aliphatic hydroxyl groups excluding tert-OH is 2. The number of amides is 2. The molecule has 10 aromatic rings. The summed E-state index contributed by atoms with van der Waals surface area (Å²) in [6.45, 7) is 5.41. The number of H-pyrrole nitrogens is 2. The van der Waals surface area contributed by atoms with Crippen molar-refractivity contribution in [2.45, 2.75) is 63.6 Å². The minimum Gasteiger partial charge on any atom is -0.384 e. The second kappa shape index (κ2) is 22.4. The van der Waals surface area contributed by atoms with E-state index in [9.17, 15) is 23.7 Å². The molecule has 2 saturated heterocycles. The molecule has 0 bridgehead atoms. The van der Waals surface area contributed by atoms with Crippen LogP contribution in [0.25, 0.3) is 78.1 Å². The second-order valence-electron chi connectivity index (χ2n) is 18.9. The van der Waals surface area contributed by atoms with E-state index < -0.39 is 23.4 Å². The Morgan fingerprint density at radius 2 is 1.16 bits per heavy atom. The third-order valence-corrected chi connectivity index (χ3v) is 14.5. The zero-order valence-corrected chi connectivity index (χ0v) is 43.5. The number of aromatic amines is 2. The number of rotatable bonds is 8. The molecule has 76 heavy (non-hydrogen) atoms. The van der Waals surface area contributed by atoms with Crippen molar-refractivity contribution in [1.82, 2.24) is 58.9 Å². The van der Waals surface area contributed by atoms with Crippen LogP contribution < -0.4 is 0 Å². The van der Waals surface area contributed by atoms with Crippen molar-refractivity contribution >= 4 is 68.0 Å². The number of hydrogen-bond acceptors (Lipinski definition) is 11. The maximum absolute atomic E-state index is 12.2. The standard InChI is InChI=1S/C27H25ClN6O2.C27H26N6O2.C2H4FNS/c1-16(35)27(36)33-11-9-18(10-12-33)24-23-21(28)15-30-26(23)34-25(32-24)20(14-31-34)19-7-8-22(29-13-19)17-5-3-2-4-6-17;1-17(34)27(35)32-13-10-19(11-14-32)24-21-9-12-28-25(21)33-26(31-24)22(16-30-33)20-7-8-23(29-15-20)18-5-3-2-4-6-18;1-5(3)2-4/h2-8,13-16,18,30,35H,9-12H2,1H3;2-9,12,15-17,19,28,34H,10-11,13-14H2,1H3;5H,1H3/t16-;17-;/m11./s1/i;;5D. The fourth-order valence-electron chi connectivity index (χ4n) is 10.1. The molecule has 0 spiro atoms. The molecule has 2 aromatic carbocycles. The topological polar surface area (TPSA) is 223 Å². The van der Waals surface area contributed by atoms with E-state index in [-0.39, 0.29) is 23.7 Å². The van der Waals surface area contributed by atoms with Crippen molar-refractivity contribution < 1.29 is 23.7 Å². The number of piperidine rings is 2. The molecule has 12 rings (SSSR count). The Kier molecular flexibility index (Phi) is 14.8. The highest BCUT2D eigenvalue weighted by molar-refractivity contribution is 8.16. The van der Waals surface area contributed by atoms with Crippen molar-refractivity contribution in [3.63, 3.8) is 0 Å². The summed E-state index contributed by atoms with van der Waals surface area (Å²) in [6, 6.07) is 30.4. The van der Waals surface area contributed by atoms with Crippen LogP contribution in [0.1, 0.15) is 62.8 Å².